The maximum atomic E-state index is 12.8. The first-order valence-electron chi connectivity index (χ1n) is 9.53. The van der Waals surface area contributed by atoms with Crippen molar-refractivity contribution in [2.24, 2.45) is 0 Å². The Morgan fingerprint density at radius 3 is 2.04 bits per heavy atom. The summed E-state index contributed by atoms with van der Waals surface area (Å²) in [6, 6.07) is 24.6. The van der Waals surface area contributed by atoms with E-state index in [1.54, 1.807) is 0 Å². The summed E-state index contributed by atoms with van der Waals surface area (Å²) >= 11 is 0. The van der Waals surface area contributed by atoms with Gasteiger partial charge in [0.2, 0.25) is 5.69 Å². The number of nitrogens with zero attached hydrogens (tertiary/aromatic N) is 1. The van der Waals surface area contributed by atoms with Crippen LogP contribution in [0.2, 0.25) is 0 Å². The fraction of sp³-hybridized carbons (Fsp3) is 0.250. The normalized spacial score (nSPS) is 11.8. The third-order valence-electron chi connectivity index (χ3n) is 4.80. The van der Waals surface area contributed by atoms with Crippen LogP contribution >= 0.6 is 0 Å². The zero-order chi connectivity index (χ0) is 19.2. The maximum Gasteiger partial charge on any atom is 0.403 e. The van der Waals surface area contributed by atoms with Gasteiger partial charge in [-0.1, -0.05) is 55.5 Å². The minimum atomic E-state index is -0.284. The van der Waals surface area contributed by atoms with Gasteiger partial charge in [0.15, 0.2) is 6.04 Å². The van der Waals surface area contributed by atoms with Crippen molar-refractivity contribution in [1.29, 1.82) is 0 Å². The van der Waals surface area contributed by atoms with Gasteiger partial charge in [-0.05, 0) is 37.1 Å². The van der Waals surface area contributed by atoms with Gasteiger partial charge in [-0.25, -0.2) is 4.79 Å². The Morgan fingerprint density at radius 2 is 1.48 bits per heavy atom. The van der Waals surface area contributed by atoms with Crippen molar-refractivity contribution in [1.82, 2.24) is 0 Å². The summed E-state index contributed by atoms with van der Waals surface area (Å²) in [5.74, 6) is -0.284. The van der Waals surface area contributed by atoms with Crippen LogP contribution < -0.4 is 4.57 Å². The van der Waals surface area contributed by atoms with Crippen molar-refractivity contribution in [2.45, 2.75) is 33.2 Å². The van der Waals surface area contributed by atoms with E-state index in [1.165, 1.54) is 0 Å². The van der Waals surface area contributed by atoms with Crippen LogP contribution in [-0.2, 0) is 4.74 Å². The maximum absolute atomic E-state index is 12.8. The van der Waals surface area contributed by atoms with Gasteiger partial charge in [0.05, 0.1) is 6.61 Å². The number of hydrogen-bond donors (Lipinski definition) is 0. The van der Waals surface area contributed by atoms with Gasteiger partial charge in [0.25, 0.3) is 5.69 Å². The van der Waals surface area contributed by atoms with E-state index in [0.29, 0.717) is 12.3 Å². The van der Waals surface area contributed by atoms with E-state index >= 15 is 0 Å². The second-order valence-electron chi connectivity index (χ2n) is 6.59. The molecule has 1 unspecified atom stereocenters. The molecule has 27 heavy (non-hydrogen) atoms. The Hall–Kier alpha value is -2.94. The molecule has 0 N–H and O–H groups in total. The zero-order valence-electron chi connectivity index (χ0n) is 16.2. The number of carbonyl (C=O) groups is 1. The van der Waals surface area contributed by atoms with Crippen LogP contribution in [0.3, 0.4) is 0 Å². The average molecular weight is 360 g/mol. The summed E-state index contributed by atoms with van der Waals surface area (Å²) in [5, 5.41) is 0. The van der Waals surface area contributed by atoms with Crippen molar-refractivity contribution in [2.75, 3.05) is 6.61 Å². The predicted molar refractivity (Wildman–Crippen MR) is 108 cm³/mol. The molecule has 3 aromatic rings. The Kier molecular flexibility index (Phi) is 6.02. The van der Waals surface area contributed by atoms with E-state index < -0.39 is 0 Å². The fourth-order valence-corrected chi connectivity index (χ4v) is 3.25. The second-order valence-corrected chi connectivity index (χ2v) is 6.59. The standard InChI is InChI=1S/C24H26NO2/c1-4-18(3)25-22(20-14-10-7-11-15-20)16-21(19-12-8-6-9-13-19)17-23(25)24(26)27-5-2/h6-18H,4-5H2,1-3H3/q+1. The van der Waals surface area contributed by atoms with E-state index in [-0.39, 0.29) is 12.0 Å². The molecule has 138 valence electrons. The van der Waals surface area contributed by atoms with E-state index in [0.717, 1.165) is 28.8 Å². The molecular weight excluding hydrogens is 334 g/mol. The first-order chi connectivity index (χ1) is 13.2. The van der Waals surface area contributed by atoms with Gasteiger partial charge in [0, 0.05) is 24.1 Å². The molecule has 0 radical (unpaired) electrons. The third kappa shape index (κ3) is 4.08. The molecule has 3 nitrogen and oxygen atoms in total. The Morgan fingerprint density at radius 1 is 0.889 bits per heavy atom. The van der Waals surface area contributed by atoms with E-state index in [1.807, 2.05) is 49.4 Å². The molecule has 2 aromatic carbocycles. The molecule has 1 heterocycles. The number of esters is 1. The SMILES string of the molecule is CCOC(=O)c1cc(-c2ccccc2)cc(-c2ccccc2)[n+]1C(C)CC. The highest BCUT2D eigenvalue weighted by Gasteiger charge is 2.30. The molecule has 3 heteroatoms. The number of hydrogen-bond acceptors (Lipinski definition) is 2. The summed E-state index contributed by atoms with van der Waals surface area (Å²) in [6.07, 6.45) is 0.918. The lowest BCUT2D eigenvalue weighted by molar-refractivity contribution is -0.711. The second kappa shape index (κ2) is 8.63. The summed E-state index contributed by atoms with van der Waals surface area (Å²) in [6.45, 7) is 6.46. The number of carbonyl (C=O) groups excluding carboxylic acids is 1. The molecule has 1 atom stereocenters. The van der Waals surface area contributed by atoms with Crippen LogP contribution in [0, 0.1) is 0 Å². The molecule has 0 spiro atoms. The van der Waals surface area contributed by atoms with Gasteiger partial charge >= 0.3 is 5.97 Å². The van der Waals surface area contributed by atoms with Gasteiger partial charge in [-0.3, -0.25) is 0 Å². The minimum Gasteiger partial charge on any atom is -0.458 e. The lowest BCUT2D eigenvalue weighted by Gasteiger charge is -2.15. The highest BCUT2D eigenvalue weighted by molar-refractivity contribution is 5.88. The van der Waals surface area contributed by atoms with E-state index in [9.17, 15) is 4.79 Å². The van der Waals surface area contributed by atoms with E-state index in [4.69, 9.17) is 4.74 Å². The molecule has 0 aliphatic rings. The largest absolute Gasteiger partial charge is 0.458 e. The first-order valence-corrected chi connectivity index (χ1v) is 9.53. The van der Waals surface area contributed by atoms with E-state index in [2.05, 4.69) is 48.7 Å². The van der Waals surface area contributed by atoms with Crippen LogP contribution in [0.15, 0.2) is 72.8 Å². The van der Waals surface area contributed by atoms with Gasteiger partial charge < -0.3 is 4.74 Å². The van der Waals surface area contributed by atoms with Gasteiger partial charge in [-0.2, -0.15) is 4.57 Å². The molecule has 0 aliphatic carbocycles. The van der Waals surface area contributed by atoms with Crippen LogP contribution in [0.5, 0.6) is 0 Å². The molecule has 0 aliphatic heterocycles. The number of benzene rings is 2. The fourth-order valence-electron chi connectivity index (χ4n) is 3.25. The molecule has 0 bridgehead atoms. The minimum absolute atomic E-state index is 0.171. The lowest BCUT2D eigenvalue weighted by Crippen LogP contribution is -2.46. The first kappa shape index (κ1) is 18.8. The van der Waals surface area contributed by atoms with Gasteiger partial charge in [-0.15, -0.1) is 0 Å². The van der Waals surface area contributed by atoms with Crippen molar-refractivity contribution in [3.8, 4) is 22.4 Å². The zero-order valence-corrected chi connectivity index (χ0v) is 16.2. The van der Waals surface area contributed by atoms with Crippen molar-refractivity contribution in [3.05, 3.63) is 78.5 Å². The molecule has 1 aromatic heterocycles. The summed E-state index contributed by atoms with van der Waals surface area (Å²) in [5.41, 5.74) is 4.79. The van der Waals surface area contributed by atoms with Crippen molar-refractivity contribution >= 4 is 5.97 Å². The van der Waals surface area contributed by atoms with Crippen LogP contribution in [0.25, 0.3) is 22.4 Å². The summed E-state index contributed by atoms with van der Waals surface area (Å²) in [4.78, 5) is 12.8. The predicted octanol–water partition coefficient (Wildman–Crippen LogP) is 5.46. The molecule has 0 saturated carbocycles. The lowest BCUT2D eigenvalue weighted by atomic mass is 10.00. The van der Waals surface area contributed by atoms with Crippen LogP contribution in [0.4, 0.5) is 0 Å². The number of ether oxygens (including phenoxy) is 1. The smallest absolute Gasteiger partial charge is 0.403 e. The number of rotatable bonds is 6. The highest BCUT2D eigenvalue weighted by atomic mass is 16.5. The average Bonchev–Trinajstić information content (AvgIpc) is 2.73. The molecule has 0 amide bonds. The topological polar surface area (TPSA) is 30.2 Å². The van der Waals surface area contributed by atoms with Crippen molar-refractivity contribution < 1.29 is 14.1 Å². The Labute approximate surface area is 161 Å². The number of pyridine rings is 1. The monoisotopic (exact) mass is 360 g/mol. The van der Waals surface area contributed by atoms with Gasteiger partial charge in [0.1, 0.15) is 0 Å². The molecule has 3 rings (SSSR count). The quantitative estimate of drug-likeness (QED) is 0.432. The molecular formula is C24H26NO2+. The summed E-state index contributed by atoms with van der Waals surface area (Å²) < 4.78 is 7.50. The Bertz CT molecular complexity index is 904. The third-order valence-corrected chi connectivity index (χ3v) is 4.80. The summed E-state index contributed by atoms with van der Waals surface area (Å²) in [7, 11) is 0. The highest BCUT2D eigenvalue weighted by Crippen LogP contribution is 2.27. The molecule has 0 saturated heterocycles. The van der Waals surface area contributed by atoms with Crippen LogP contribution in [-0.4, -0.2) is 12.6 Å². The Balaban J connectivity index is 2.31. The number of aromatic nitrogens is 1. The molecule has 0 fully saturated rings. The van der Waals surface area contributed by atoms with Crippen molar-refractivity contribution in [3.63, 3.8) is 0 Å². The van der Waals surface area contributed by atoms with Crippen LogP contribution in [0.1, 0.15) is 43.7 Å².